The lowest BCUT2D eigenvalue weighted by Crippen LogP contribution is -2.38. The highest BCUT2D eigenvalue weighted by atomic mass is 32.2. The first-order valence-electron chi connectivity index (χ1n) is 8.50. The first kappa shape index (κ1) is 20.0. The van der Waals surface area contributed by atoms with E-state index in [0.717, 1.165) is 22.3 Å². The van der Waals surface area contributed by atoms with E-state index in [9.17, 15) is 13.2 Å². The molecule has 0 bridgehead atoms. The van der Waals surface area contributed by atoms with Crippen LogP contribution in [0.4, 0.5) is 5.69 Å². The summed E-state index contributed by atoms with van der Waals surface area (Å²) in [5.41, 5.74) is 5.34. The number of carbonyl (C=O) groups is 1. The molecule has 0 saturated heterocycles. The molecule has 0 atom stereocenters. The van der Waals surface area contributed by atoms with Gasteiger partial charge in [-0.1, -0.05) is 23.8 Å². The smallest absolute Gasteiger partial charge is 0.251 e. The van der Waals surface area contributed by atoms with Crippen LogP contribution >= 0.6 is 0 Å². The zero-order valence-corrected chi connectivity index (χ0v) is 16.8. The van der Waals surface area contributed by atoms with Crippen LogP contribution in [0.1, 0.15) is 32.6 Å². The average Bonchev–Trinajstić information content (AvgIpc) is 2.54. The normalized spacial score (nSPS) is 11.3. The SMILES string of the molecule is Cc1ccc(N(CCNC(=O)c2ccc(C)c(C)c2)S(C)(=O)=O)c(C)c1. The molecule has 0 fully saturated rings. The molecule has 1 N–H and O–H groups in total. The molecule has 2 aromatic carbocycles. The molecule has 0 radical (unpaired) electrons. The number of benzene rings is 2. The molecule has 140 valence electrons. The predicted molar refractivity (Wildman–Crippen MR) is 106 cm³/mol. The molecule has 1 amide bonds. The summed E-state index contributed by atoms with van der Waals surface area (Å²) in [4.78, 5) is 12.3. The molecule has 0 aliphatic rings. The number of rotatable bonds is 6. The number of aryl methyl sites for hydroxylation is 4. The topological polar surface area (TPSA) is 66.5 Å². The van der Waals surface area contributed by atoms with Crippen LogP contribution < -0.4 is 9.62 Å². The zero-order valence-electron chi connectivity index (χ0n) is 16.0. The molecule has 0 aliphatic carbocycles. The van der Waals surface area contributed by atoms with Crippen molar-refractivity contribution in [3.05, 3.63) is 64.2 Å². The van der Waals surface area contributed by atoms with Crippen molar-refractivity contribution in [3.63, 3.8) is 0 Å². The van der Waals surface area contributed by atoms with Gasteiger partial charge in [-0.3, -0.25) is 9.10 Å². The van der Waals surface area contributed by atoms with E-state index < -0.39 is 10.0 Å². The van der Waals surface area contributed by atoms with E-state index in [1.54, 1.807) is 12.1 Å². The lowest BCUT2D eigenvalue weighted by Gasteiger charge is -2.24. The molecular formula is C20H26N2O3S. The maximum atomic E-state index is 12.3. The Morgan fingerprint density at radius 1 is 0.962 bits per heavy atom. The summed E-state index contributed by atoms with van der Waals surface area (Å²) in [6, 6.07) is 11.1. The maximum absolute atomic E-state index is 12.3. The van der Waals surface area contributed by atoms with E-state index in [0.29, 0.717) is 11.3 Å². The molecule has 0 spiro atoms. The molecule has 2 aromatic rings. The van der Waals surface area contributed by atoms with E-state index in [-0.39, 0.29) is 19.0 Å². The minimum Gasteiger partial charge on any atom is -0.350 e. The lowest BCUT2D eigenvalue weighted by atomic mass is 10.1. The summed E-state index contributed by atoms with van der Waals surface area (Å²) in [5, 5.41) is 2.80. The number of hydrogen-bond acceptors (Lipinski definition) is 3. The Bertz CT molecular complexity index is 921. The second-order valence-electron chi connectivity index (χ2n) is 6.68. The van der Waals surface area contributed by atoms with Crippen LogP contribution in [0.5, 0.6) is 0 Å². The van der Waals surface area contributed by atoms with Crippen molar-refractivity contribution >= 4 is 21.6 Å². The number of nitrogens with one attached hydrogen (secondary N) is 1. The van der Waals surface area contributed by atoms with Crippen LogP contribution in [0.3, 0.4) is 0 Å². The maximum Gasteiger partial charge on any atom is 0.251 e. The van der Waals surface area contributed by atoms with Crippen molar-refractivity contribution < 1.29 is 13.2 Å². The highest BCUT2D eigenvalue weighted by Gasteiger charge is 2.19. The summed E-state index contributed by atoms with van der Waals surface area (Å²) in [7, 11) is -3.45. The van der Waals surface area contributed by atoms with Crippen LogP contribution in [0.25, 0.3) is 0 Å². The van der Waals surface area contributed by atoms with Crippen molar-refractivity contribution in [1.29, 1.82) is 0 Å². The van der Waals surface area contributed by atoms with Gasteiger partial charge in [0, 0.05) is 12.1 Å². The number of amides is 1. The van der Waals surface area contributed by atoms with Gasteiger partial charge >= 0.3 is 0 Å². The van der Waals surface area contributed by atoms with E-state index in [4.69, 9.17) is 0 Å². The number of nitrogens with zero attached hydrogens (tertiary/aromatic N) is 1. The van der Waals surface area contributed by atoms with Gasteiger partial charge in [-0.2, -0.15) is 0 Å². The molecule has 0 saturated carbocycles. The van der Waals surface area contributed by atoms with Crippen LogP contribution in [0, 0.1) is 27.7 Å². The number of carbonyl (C=O) groups excluding carboxylic acids is 1. The van der Waals surface area contributed by atoms with Crippen LogP contribution in [0.15, 0.2) is 36.4 Å². The second kappa shape index (κ2) is 7.91. The molecule has 26 heavy (non-hydrogen) atoms. The third-order valence-corrected chi connectivity index (χ3v) is 5.57. The third kappa shape index (κ3) is 4.85. The Labute approximate surface area is 156 Å². The van der Waals surface area contributed by atoms with Gasteiger partial charge in [-0.15, -0.1) is 0 Å². The van der Waals surface area contributed by atoms with E-state index in [1.807, 2.05) is 52.0 Å². The summed E-state index contributed by atoms with van der Waals surface area (Å²) in [6.45, 7) is 8.20. The van der Waals surface area contributed by atoms with Crippen molar-refractivity contribution in [2.45, 2.75) is 27.7 Å². The van der Waals surface area contributed by atoms with Gasteiger partial charge in [0.25, 0.3) is 5.91 Å². The molecule has 5 nitrogen and oxygen atoms in total. The first-order chi connectivity index (χ1) is 12.1. The van der Waals surface area contributed by atoms with Crippen molar-refractivity contribution in [2.75, 3.05) is 23.7 Å². The largest absolute Gasteiger partial charge is 0.350 e. The summed E-state index contributed by atoms with van der Waals surface area (Å²) in [5.74, 6) is -0.206. The molecule has 0 unspecified atom stereocenters. The van der Waals surface area contributed by atoms with Crippen molar-refractivity contribution in [2.24, 2.45) is 0 Å². The fourth-order valence-electron chi connectivity index (χ4n) is 2.81. The summed E-state index contributed by atoms with van der Waals surface area (Å²) >= 11 is 0. The molecular weight excluding hydrogens is 348 g/mol. The van der Waals surface area contributed by atoms with Gasteiger partial charge in [0.2, 0.25) is 10.0 Å². The second-order valence-corrected chi connectivity index (χ2v) is 8.59. The van der Waals surface area contributed by atoms with Gasteiger partial charge in [-0.25, -0.2) is 8.42 Å². The minimum atomic E-state index is -3.45. The lowest BCUT2D eigenvalue weighted by molar-refractivity contribution is 0.0954. The quantitative estimate of drug-likeness (QED) is 0.845. The number of hydrogen-bond donors (Lipinski definition) is 1. The highest BCUT2D eigenvalue weighted by Crippen LogP contribution is 2.23. The molecule has 2 rings (SSSR count). The zero-order chi connectivity index (χ0) is 19.5. The van der Waals surface area contributed by atoms with Crippen LogP contribution in [-0.4, -0.2) is 33.7 Å². The Balaban J connectivity index is 2.10. The predicted octanol–water partition coefficient (Wildman–Crippen LogP) is 3.12. The van der Waals surface area contributed by atoms with E-state index in [1.165, 1.54) is 10.6 Å². The highest BCUT2D eigenvalue weighted by molar-refractivity contribution is 7.92. The van der Waals surface area contributed by atoms with Gasteiger partial charge in [-0.05, 0) is 62.6 Å². The van der Waals surface area contributed by atoms with Crippen molar-refractivity contribution in [1.82, 2.24) is 5.32 Å². The molecule has 0 heterocycles. The fraction of sp³-hybridized carbons (Fsp3) is 0.350. The van der Waals surface area contributed by atoms with Gasteiger partial charge < -0.3 is 5.32 Å². The van der Waals surface area contributed by atoms with Gasteiger partial charge in [0.15, 0.2) is 0 Å². The summed E-state index contributed by atoms with van der Waals surface area (Å²) < 4.78 is 25.8. The molecule has 0 aromatic heterocycles. The third-order valence-electron chi connectivity index (χ3n) is 4.39. The Hall–Kier alpha value is -2.34. The molecule has 0 aliphatic heterocycles. The fourth-order valence-corrected chi connectivity index (χ4v) is 3.79. The Morgan fingerprint density at radius 3 is 2.23 bits per heavy atom. The number of anilines is 1. The minimum absolute atomic E-state index is 0.180. The monoisotopic (exact) mass is 374 g/mol. The number of sulfonamides is 1. The van der Waals surface area contributed by atoms with Crippen LogP contribution in [0.2, 0.25) is 0 Å². The van der Waals surface area contributed by atoms with Gasteiger partial charge in [0.1, 0.15) is 0 Å². The summed E-state index contributed by atoms with van der Waals surface area (Å²) in [6.07, 6.45) is 1.18. The first-order valence-corrected chi connectivity index (χ1v) is 10.3. The van der Waals surface area contributed by atoms with Crippen LogP contribution in [-0.2, 0) is 10.0 Å². The molecule has 6 heteroatoms. The Kier molecular flexibility index (Phi) is 6.08. The van der Waals surface area contributed by atoms with E-state index >= 15 is 0 Å². The average molecular weight is 375 g/mol. The van der Waals surface area contributed by atoms with E-state index in [2.05, 4.69) is 5.32 Å². The standard InChI is InChI=1S/C20H26N2O3S/c1-14-6-9-19(17(4)12-14)22(26(5,24)25)11-10-21-20(23)18-8-7-15(2)16(3)13-18/h6-9,12-13H,10-11H2,1-5H3,(H,21,23). The van der Waals surface area contributed by atoms with Gasteiger partial charge in [0.05, 0.1) is 18.5 Å². The van der Waals surface area contributed by atoms with Crippen molar-refractivity contribution in [3.8, 4) is 0 Å². The Morgan fingerprint density at radius 2 is 1.65 bits per heavy atom.